The number of esters is 2. The second kappa shape index (κ2) is 27.9. The van der Waals surface area contributed by atoms with Crippen LogP contribution in [-0.4, -0.2) is 130 Å². The second-order valence-corrected chi connectivity index (χ2v) is 24.0. The van der Waals surface area contributed by atoms with Crippen LogP contribution in [0.2, 0.25) is 0 Å². The van der Waals surface area contributed by atoms with E-state index in [1.807, 2.05) is 58.1 Å². The fourth-order valence-electron chi connectivity index (χ4n) is 10.9. The van der Waals surface area contributed by atoms with Gasteiger partial charge in [0.25, 0.3) is 11.7 Å². The molecule has 2 bridgehead atoms. The van der Waals surface area contributed by atoms with Gasteiger partial charge in [0.05, 0.1) is 24.4 Å². The number of fused-ring (bicyclic) bond motifs is 3. The monoisotopic (exact) mass is 1050 g/mol. The number of carbonyl (C=O) groups excluding carboxylic acids is 5. The van der Waals surface area contributed by atoms with Crippen molar-refractivity contribution in [2.24, 2.45) is 41.4 Å². The summed E-state index contributed by atoms with van der Waals surface area (Å²) in [7, 11) is 5.92. The number of nitrogens with zero attached hydrogens (tertiary/aromatic N) is 1. The quantitative estimate of drug-likeness (QED) is 0.0997. The molecule has 0 spiro atoms. The van der Waals surface area contributed by atoms with E-state index in [1.54, 1.807) is 21.1 Å². The van der Waals surface area contributed by atoms with E-state index in [1.165, 1.54) is 12.0 Å². The molecule has 0 aromatic carbocycles. The zero-order chi connectivity index (χ0) is 53.7. The van der Waals surface area contributed by atoms with Crippen LogP contribution in [-0.2, 0) is 61.4 Å². The Morgan fingerprint density at radius 1 is 0.903 bits per heavy atom. The van der Waals surface area contributed by atoms with Crippen LogP contribution < -0.4 is 0 Å². The Kier molecular flexibility index (Phi) is 23.6. The van der Waals surface area contributed by atoms with Gasteiger partial charge in [0, 0.05) is 69.2 Å². The number of carbonyl (C=O) groups is 5. The normalized spacial score (nSPS) is 37.8. The molecule has 4 rings (SSSR count). The molecule has 1 aliphatic carbocycles. The number of piperidine rings is 1. The number of ether oxygens (including phenoxy) is 6. The van der Waals surface area contributed by atoms with Crippen molar-refractivity contribution < 1.29 is 65.9 Å². The van der Waals surface area contributed by atoms with E-state index in [0.29, 0.717) is 57.8 Å². The topological polar surface area (TPSA) is 198 Å². The van der Waals surface area contributed by atoms with Crippen molar-refractivity contribution in [3.63, 3.8) is 0 Å². The molecule has 0 radical (unpaired) electrons. The molecule has 15 atom stereocenters. The largest absolute Gasteiger partial charge is 0.460 e. The van der Waals surface area contributed by atoms with Crippen LogP contribution in [0, 0.1) is 41.4 Å². The Labute approximate surface area is 433 Å². The minimum Gasteiger partial charge on any atom is -0.460 e. The SMILES string of the molecule is C=C1[C@H](C)C[C@H](C)/C=C/C=C/C=C(\C)[C@@H](OC)C[C@@H]2CC[C@@H](C)[C@@](O)(O2)C(=O)C(=O)N2CCCC[C@H]2C(=O)O[C@H]([C@H](C)C[C@@H]2CC[C@@H](OC(=O)CS(=O)(=O)Cl)[C@H](OC)C2)CC(=O)[C@H](C)/C=C(\C)[C@@H](C)[C@H]1OC. The summed E-state index contributed by atoms with van der Waals surface area (Å²) >= 11 is 0. The minimum absolute atomic E-state index is 0.0238. The third kappa shape index (κ3) is 17.0. The third-order valence-electron chi connectivity index (χ3n) is 15.7. The fourth-order valence-corrected chi connectivity index (χ4v) is 11.6. The number of methoxy groups -OCH3 is 3. The van der Waals surface area contributed by atoms with Crippen molar-refractivity contribution in [2.75, 3.05) is 33.6 Å². The van der Waals surface area contributed by atoms with Crippen molar-refractivity contribution in [3.8, 4) is 0 Å². The van der Waals surface area contributed by atoms with Crippen LogP contribution in [0.1, 0.15) is 132 Å². The number of aliphatic hydroxyl groups is 1. The van der Waals surface area contributed by atoms with Crippen molar-refractivity contribution in [1.29, 1.82) is 0 Å². The average Bonchev–Trinajstić information content (AvgIpc) is 3.32. The highest BCUT2D eigenvalue weighted by Gasteiger charge is 2.53. The summed E-state index contributed by atoms with van der Waals surface area (Å²) in [5.41, 5.74) is 2.81. The van der Waals surface area contributed by atoms with Gasteiger partial charge in [-0.05, 0) is 113 Å². The first-order valence-corrected chi connectivity index (χ1v) is 28.4. The third-order valence-corrected chi connectivity index (χ3v) is 16.6. The molecule has 0 unspecified atom stereocenters. The van der Waals surface area contributed by atoms with Gasteiger partial charge in [-0.15, -0.1) is 0 Å². The molecule has 15 nitrogen and oxygen atoms in total. The van der Waals surface area contributed by atoms with Gasteiger partial charge in [-0.3, -0.25) is 19.2 Å². The van der Waals surface area contributed by atoms with Crippen LogP contribution in [0.25, 0.3) is 0 Å². The molecular weight excluding hydrogens is 966 g/mol. The number of amides is 1. The first kappa shape index (κ1) is 61.0. The molecule has 17 heteroatoms. The van der Waals surface area contributed by atoms with E-state index in [4.69, 9.17) is 39.1 Å². The van der Waals surface area contributed by atoms with Crippen LogP contribution in [0.3, 0.4) is 0 Å². The Balaban J connectivity index is 1.69. The Hall–Kier alpha value is -3.51. The lowest BCUT2D eigenvalue weighted by atomic mass is 9.78. The van der Waals surface area contributed by atoms with Gasteiger partial charge < -0.3 is 38.4 Å². The summed E-state index contributed by atoms with van der Waals surface area (Å²) in [6.07, 6.45) is 13.5. The zero-order valence-corrected chi connectivity index (χ0v) is 46.2. The van der Waals surface area contributed by atoms with E-state index in [0.717, 1.165) is 23.1 Å². The number of hydrogen-bond donors (Lipinski definition) is 1. The standard InChI is InChI=1S/C55H84ClNO14S/c1-33-18-14-13-15-19-34(2)47(66-10)30-43-23-21-39(7)55(63,71-43)52(60)53(61)57-25-17-16-20-44(57)54(62)70-48(31-45(58)37(5)27-36(4)41(9)51(68-12)40(8)35(3)26-33)38(6)28-42-22-24-46(49(29-42)67-11)69-50(59)32-72(56,64)65/h13-15,18-19,27,33,35,37-39,41-44,46-49,51,63H,8,16-17,20-26,28-32H2,1-7,9-12H3/b15-13+,18-14+,34-19+,36-27+/t33-,35-,37-,38-,39-,41-,42+,43+,44+,46-,47+,48+,49-,51+,55-/m1/s1. The molecule has 406 valence electrons. The lowest BCUT2D eigenvalue weighted by molar-refractivity contribution is -0.265. The summed E-state index contributed by atoms with van der Waals surface area (Å²) in [4.78, 5) is 71.2. The Bertz CT molecular complexity index is 2140. The number of ketones is 2. The van der Waals surface area contributed by atoms with Crippen LogP contribution >= 0.6 is 10.7 Å². The molecule has 0 aromatic heterocycles. The summed E-state index contributed by atoms with van der Waals surface area (Å²) in [5.74, 6) is -8.97. The maximum atomic E-state index is 14.6. The molecule has 0 aromatic rings. The van der Waals surface area contributed by atoms with Gasteiger partial charge in [-0.25, -0.2) is 13.2 Å². The molecule has 3 aliphatic heterocycles. The summed E-state index contributed by atoms with van der Waals surface area (Å²) in [5, 5.41) is 12.0. The van der Waals surface area contributed by atoms with Gasteiger partial charge in [0.2, 0.25) is 14.8 Å². The molecule has 2 saturated heterocycles. The predicted molar refractivity (Wildman–Crippen MR) is 276 cm³/mol. The maximum Gasteiger partial charge on any atom is 0.329 e. The number of hydrogen-bond acceptors (Lipinski definition) is 14. The maximum absolute atomic E-state index is 14.6. The van der Waals surface area contributed by atoms with Crippen molar-refractivity contribution in [1.82, 2.24) is 4.90 Å². The first-order valence-electron chi connectivity index (χ1n) is 25.9. The predicted octanol–water partition coefficient (Wildman–Crippen LogP) is 8.56. The molecular formula is C55H84ClNO14S. The van der Waals surface area contributed by atoms with Crippen LogP contribution in [0.15, 0.2) is 59.8 Å². The number of allylic oxidation sites excluding steroid dienone is 6. The van der Waals surface area contributed by atoms with Crippen LogP contribution in [0.4, 0.5) is 0 Å². The Morgan fingerprint density at radius 3 is 2.26 bits per heavy atom. The molecule has 4 aliphatic rings. The van der Waals surface area contributed by atoms with E-state index in [9.17, 15) is 37.5 Å². The zero-order valence-electron chi connectivity index (χ0n) is 44.6. The number of Topliss-reactive ketones (excluding diaryl/α,β-unsaturated/α-hetero) is 2. The van der Waals surface area contributed by atoms with Gasteiger partial charge >= 0.3 is 11.9 Å². The lowest BCUT2D eigenvalue weighted by Gasteiger charge is -2.42. The van der Waals surface area contributed by atoms with E-state index < -0.39 is 98.5 Å². The van der Waals surface area contributed by atoms with E-state index in [2.05, 4.69) is 33.4 Å². The van der Waals surface area contributed by atoms with E-state index in [-0.39, 0.29) is 54.9 Å². The van der Waals surface area contributed by atoms with Gasteiger partial charge in [-0.2, -0.15) is 0 Å². The summed E-state index contributed by atoms with van der Waals surface area (Å²) < 4.78 is 58.7. The highest BCUT2D eigenvalue weighted by molar-refractivity contribution is 8.14. The van der Waals surface area contributed by atoms with Crippen molar-refractivity contribution in [3.05, 3.63) is 59.8 Å². The van der Waals surface area contributed by atoms with Crippen molar-refractivity contribution >= 4 is 49.1 Å². The van der Waals surface area contributed by atoms with Crippen molar-refractivity contribution in [2.45, 2.75) is 181 Å². The lowest BCUT2D eigenvalue weighted by Crippen LogP contribution is -2.61. The number of rotatable bonds is 9. The van der Waals surface area contributed by atoms with Gasteiger partial charge in [0.15, 0.2) is 5.75 Å². The second-order valence-electron chi connectivity index (χ2n) is 21.3. The molecule has 3 heterocycles. The number of cyclic esters (lactones) is 1. The van der Waals surface area contributed by atoms with Gasteiger partial charge in [-0.1, -0.05) is 90.2 Å². The molecule has 1 saturated carbocycles. The number of halogens is 1. The average molecular weight is 1050 g/mol. The highest BCUT2D eigenvalue weighted by atomic mass is 35.7. The minimum atomic E-state index is -4.12. The molecule has 1 N–H and O–H groups in total. The molecule has 72 heavy (non-hydrogen) atoms. The highest BCUT2D eigenvalue weighted by Crippen LogP contribution is 2.38. The first-order chi connectivity index (χ1) is 33.8. The van der Waals surface area contributed by atoms with Gasteiger partial charge in [0.1, 0.15) is 24.0 Å². The smallest absolute Gasteiger partial charge is 0.329 e. The Morgan fingerprint density at radius 2 is 1.61 bits per heavy atom. The fraction of sp³-hybridized carbons (Fsp3) is 0.727. The molecule has 1 amide bonds. The van der Waals surface area contributed by atoms with Crippen LogP contribution in [0.5, 0.6) is 0 Å². The summed E-state index contributed by atoms with van der Waals surface area (Å²) in [6.45, 7) is 20.2. The molecule has 3 fully saturated rings. The summed E-state index contributed by atoms with van der Waals surface area (Å²) in [6, 6.07) is -1.16. The van der Waals surface area contributed by atoms with E-state index >= 15 is 0 Å².